The van der Waals surface area contributed by atoms with Crippen molar-refractivity contribution in [2.24, 2.45) is 5.92 Å². The molecule has 1 saturated heterocycles. The molecule has 0 spiro atoms. The van der Waals surface area contributed by atoms with E-state index in [0.717, 1.165) is 41.8 Å². The Bertz CT molecular complexity index is 1320. The standard InChI is InChI=1S/C27H32ClF3N4O4S/c1-2-24(25(36)34-14-4-5-18(17-34)16-32-26(37)33-21-10-11-21)35(22-7-3-6-19(15-22)27(29,30)31)40(38,39)23-12-8-20(28)9-13-23/h3,6-9,12-13,15,18,21,24H,2,4-5,10-11,14,16-17H2,1H3,(H2,32,33,37)/t18-,24-/m0/s1. The second-order valence-electron chi connectivity index (χ2n) is 10.1. The van der Waals surface area contributed by atoms with E-state index in [1.165, 1.54) is 30.3 Å². The molecule has 2 aliphatic rings. The molecule has 13 heteroatoms. The molecule has 3 amide bonds. The summed E-state index contributed by atoms with van der Waals surface area (Å²) in [6.45, 7) is 2.62. The van der Waals surface area contributed by atoms with Crippen molar-refractivity contribution in [2.45, 2.75) is 62.2 Å². The van der Waals surface area contributed by atoms with Crippen LogP contribution in [0.5, 0.6) is 0 Å². The highest BCUT2D eigenvalue weighted by Crippen LogP contribution is 2.35. The molecule has 0 aromatic heterocycles. The van der Waals surface area contributed by atoms with Gasteiger partial charge < -0.3 is 15.5 Å². The molecule has 40 heavy (non-hydrogen) atoms. The van der Waals surface area contributed by atoms with E-state index in [0.29, 0.717) is 19.5 Å². The van der Waals surface area contributed by atoms with Gasteiger partial charge in [0.1, 0.15) is 6.04 Å². The molecule has 2 aromatic rings. The lowest BCUT2D eigenvalue weighted by Crippen LogP contribution is -2.54. The van der Waals surface area contributed by atoms with Crippen LogP contribution in [0.2, 0.25) is 5.02 Å². The predicted octanol–water partition coefficient (Wildman–Crippen LogP) is 5.03. The van der Waals surface area contributed by atoms with E-state index in [1.54, 1.807) is 11.8 Å². The number of alkyl halides is 3. The summed E-state index contributed by atoms with van der Waals surface area (Å²) in [5.74, 6) is -0.556. The zero-order chi connectivity index (χ0) is 29.1. The Labute approximate surface area is 236 Å². The van der Waals surface area contributed by atoms with Crippen molar-refractivity contribution >= 4 is 39.2 Å². The van der Waals surface area contributed by atoms with Crippen molar-refractivity contribution in [3.8, 4) is 0 Å². The third-order valence-electron chi connectivity index (χ3n) is 7.05. The third kappa shape index (κ3) is 7.20. The fourth-order valence-electron chi connectivity index (χ4n) is 4.81. The minimum atomic E-state index is -4.71. The van der Waals surface area contributed by atoms with Gasteiger partial charge in [-0.3, -0.25) is 9.10 Å². The van der Waals surface area contributed by atoms with Crippen LogP contribution in [0.1, 0.15) is 44.6 Å². The molecule has 218 valence electrons. The number of piperidine rings is 1. The van der Waals surface area contributed by atoms with E-state index in [2.05, 4.69) is 10.6 Å². The van der Waals surface area contributed by atoms with Gasteiger partial charge in [-0.2, -0.15) is 13.2 Å². The zero-order valence-corrected chi connectivity index (χ0v) is 23.5. The number of nitrogens with one attached hydrogen (secondary N) is 2. The van der Waals surface area contributed by atoms with E-state index in [9.17, 15) is 31.2 Å². The Morgan fingerprint density at radius 2 is 1.82 bits per heavy atom. The second kappa shape index (κ2) is 12.3. The number of hydrogen-bond donors (Lipinski definition) is 2. The molecular weight excluding hydrogens is 569 g/mol. The number of hydrogen-bond acceptors (Lipinski definition) is 4. The normalized spacial score (nSPS) is 18.6. The molecule has 2 aromatic carbocycles. The van der Waals surface area contributed by atoms with Crippen LogP contribution in [-0.2, 0) is 21.0 Å². The van der Waals surface area contributed by atoms with Crippen LogP contribution in [0.4, 0.5) is 23.7 Å². The van der Waals surface area contributed by atoms with E-state index in [4.69, 9.17) is 11.6 Å². The summed E-state index contributed by atoms with van der Waals surface area (Å²) in [7, 11) is -4.47. The van der Waals surface area contributed by atoms with E-state index < -0.39 is 33.7 Å². The summed E-state index contributed by atoms with van der Waals surface area (Å²) in [6, 6.07) is 7.85. The molecule has 8 nitrogen and oxygen atoms in total. The van der Waals surface area contributed by atoms with Gasteiger partial charge in [-0.05, 0) is 80.5 Å². The first-order chi connectivity index (χ1) is 18.9. The number of sulfonamides is 1. The summed E-state index contributed by atoms with van der Waals surface area (Å²) in [6.07, 6.45) is -1.37. The van der Waals surface area contributed by atoms with Gasteiger partial charge in [-0.15, -0.1) is 0 Å². The maximum atomic E-state index is 13.9. The Morgan fingerprint density at radius 3 is 2.45 bits per heavy atom. The van der Waals surface area contributed by atoms with Gasteiger partial charge in [-0.25, -0.2) is 13.2 Å². The number of amides is 3. The Balaban J connectivity index is 1.62. The van der Waals surface area contributed by atoms with Gasteiger partial charge in [-0.1, -0.05) is 24.6 Å². The Hall–Kier alpha value is -2.99. The van der Waals surface area contributed by atoms with Crippen LogP contribution in [-0.4, -0.2) is 57.0 Å². The molecule has 0 radical (unpaired) electrons. The number of carbonyl (C=O) groups is 2. The highest BCUT2D eigenvalue weighted by atomic mass is 35.5. The van der Waals surface area contributed by atoms with Gasteiger partial charge in [0.25, 0.3) is 10.0 Å². The Morgan fingerprint density at radius 1 is 1.12 bits per heavy atom. The largest absolute Gasteiger partial charge is 0.416 e. The van der Waals surface area contributed by atoms with Crippen molar-refractivity contribution in [3.05, 3.63) is 59.1 Å². The van der Waals surface area contributed by atoms with Crippen molar-refractivity contribution < 1.29 is 31.2 Å². The number of urea groups is 1. The number of benzene rings is 2. The average molecular weight is 601 g/mol. The lowest BCUT2D eigenvalue weighted by molar-refractivity contribution is -0.137. The molecule has 1 aliphatic carbocycles. The SMILES string of the molecule is CC[C@@H](C(=O)N1CCC[C@@H](CNC(=O)NC2CC2)C1)N(c1cccc(C(F)(F)F)c1)S(=O)(=O)c1ccc(Cl)cc1. The highest BCUT2D eigenvalue weighted by molar-refractivity contribution is 7.93. The minimum Gasteiger partial charge on any atom is -0.341 e. The van der Waals surface area contributed by atoms with Gasteiger partial charge >= 0.3 is 12.2 Å². The van der Waals surface area contributed by atoms with Crippen molar-refractivity contribution in [2.75, 3.05) is 23.9 Å². The maximum absolute atomic E-state index is 13.9. The van der Waals surface area contributed by atoms with E-state index >= 15 is 0 Å². The van der Waals surface area contributed by atoms with Crippen molar-refractivity contribution in [1.82, 2.24) is 15.5 Å². The smallest absolute Gasteiger partial charge is 0.341 e. The number of carbonyl (C=O) groups excluding carboxylic acids is 2. The van der Waals surface area contributed by atoms with Gasteiger partial charge in [0.2, 0.25) is 5.91 Å². The van der Waals surface area contributed by atoms with Crippen LogP contribution < -0.4 is 14.9 Å². The van der Waals surface area contributed by atoms with E-state index in [-0.39, 0.29) is 46.6 Å². The molecule has 0 bridgehead atoms. The lowest BCUT2D eigenvalue weighted by atomic mass is 9.97. The quantitative estimate of drug-likeness (QED) is 0.422. The van der Waals surface area contributed by atoms with Crippen LogP contribution in [0, 0.1) is 5.92 Å². The monoisotopic (exact) mass is 600 g/mol. The number of rotatable bonds is 9. The molecule has 4 rings (SSSR count). The molecule has 1 aliphatic heterocycles. The van der Waals surface area contributed by atoms with E-state index in [1.807, 2.05) is 0 Å². The second-order valence-corrected chi connectivity index (χ2v) is 12.4. The van der Waals surface area contributed by atoms with Crippen LogP contribution in [0.3, 0.4) is 0 Å². The molecule has 0 unspecified atom stereocenters. The van der Waals surface area contributed by atoms with Gasteiger partial charge in [0, 0.05) is 30.7 Å². The first kappa shape index (κ1) is 30.0. The van der Waals surface area contributed by atoms with Crippen LogP contribution in [0.25, 0.3) is 0 Å². The highest BCUT2D eigenvalue weighted by Gasteiger charge is 2.40. The number of nitrogens with zero attached hydrogens (tertiary/aromatic N) is 2. The summed E-state index contributed by atoms with van der Waals surface area (Å²) in [5.41, 5.74) is -1.30. The zero-order valence-electron chi connectivity index (χ0n) is 22.0. The summed E-state index contributed by atoms with van der Waals surface area (Å²) in [5, 5.41) is 5.96. The van der Waals surface area contributed by atoms with Gasteiger partial charge in [0.05, 0.1) is 16.1 Å². The molecule has 1 heterocycles. The summed E-state index contributed by atoms with van der Waals surface area (Å²) < 4.78 is 69.3. The topological polar surface area (TPSA) is 98.8 Å². The number of likely N-dealkylation sites (tertiary alicyclic amines) is 1. The van der Waals surface area contributed by atoms with Crippen LogP contribution in [0.15, 0.2) is 53.4 Å². The van der Waals surface area contributed by atoms with Crippen molar-refractivity contribution in [3.63, 3.8) is 0 Å². The lowest BCUT2D eigenvalue weighted by Gasteiger charge is -2.38. The molecular formula is C27H32ClF3N4O4S. The minimum absolute atomic E-state index is 0.0190. The number of anilines is 1. The third-order valence-corrected chi connectivity index (χ3v) is 9.15. The Kier molecular flexibility index (Phi) is 9.19. The summed E-state index contributed by atoms with van der Waals surface area (Å²) in [4.78, 5) is 27.3. The fourth-order valence-corrected chi connectivity index (χ4v) is 6.61. The first-order valence-electron chi connectivity index (χ1n) is 13.2. The molecule has 1 saturated carbocycles. The fraction of sp³-hybridized carbons (Fsp3) is 0.481. The summed E-state index contributed by atoms with van der Waals surface area (Å²) >= 11 is 5.93. The van der Waals surface area contributed by atoms with Gasteiger partial charge in [0.15, 0.2) is 0 Å². The first-order valence-corrected chi connectivity index (χ1v) is 15.0. The molecule has 2 fully saturated rings. The molecule has 2 N–H and O–H groups in total. The van der Waals surface area contributed by atoms with Crippen molar-refractivity contribution in [1.29, 1.82) is 0 Å². The maximum Gasteiger partial charge on any atom is 0.416 e. The molecule has 2 atom stereocenters. The number of halogens is 4. The van der Waals surface area contributed by atoms with Crippen LogP contribution >= 0.6 is 11.6 Å². The average Bonchev–Trinajstić information content (AvgIpc) is 3.74. The predicted molar refractivity (Wildman–Crippen MR) is 146 cm³/mol.